The van der Waals surface area contributed by atoms with Gasteiger partial charge in [-0.25, -0.2) is 4.68 Å². The van der Waals surface area contributed by atoms with E-state index in [-0.39, 0.29) is 11.3 Å². The Morgan fingerprint density at radius 1 is 1.25 bits per heavy atom. The summed E-state index contributed by atoms with van der Waals surface area (Å²) in [5.41, 5.74) is 1.71. The molecule has 0 saturated heterocycles. The Kier molecular flexibility index (Phi) is 5.32. The summed E-state index contributed by atoms with van der Waals surface area (Å²) < 4.78 is 6.98. The second-order valence-electron chi connectivity index (χ2n) is 7.42. The molecule has 2 rings (SSSR count). The number of hydrogen-bond donors (Lipinski definition) is 1. The van der Waals surface area contributed by atoms with Gasteiger partial charge < -0.3 is 10.1 Å². The van der Waals surface area contributed by atoms with Crippen molar-refractivity contribution >= 4 is 11.7 Å². The molecule has 0 spiro atoms. The van der Waals surface area contributed by atoms with Crippen LogP contribution in [0.15, 0.2) is 30.3 Å². The maximum Gasteiger partial charge on any atom is 0.225 e. The maximum atomic E-state index is 12.2. The quantitative estimate of drug-likeness (QED) is 0.896. The summed E-state index contributed by atoms with van der Waals surface area (Å²) in [6.45, 7) is 10.4. The number of benzene rings is 1. The Bertz CT molecular complexity index is 694. The molecular weight excluding hydrogens is 302 g/mol. The van der Waals surface area contributed by atoms with Crippen molar-refractivity contribution in [2.24, 2.45) is 5.92 Å². The van der Waals surface area contributed by atoms with Crippen LogP contribution >= 0.6 is 0 Å². The largest absolute Gasteiger partial charge is 0.497 e. The van der Waals surface area contributed by atoms with Crippen LogP contribution in [0.4, 0.5) is 5.82 Å². The molecule has 1 aromatic heterocycles. The minimum absolute atomic E-state index is 0.000112. The van der Waals surface area contributed by atoms with Crippen LogP contribution in [-0.4, -0.2) is 22.8 Å². The second kappa shape index (κ2) is 7.07. The molecule has 24 heavy (non-hydrogen) atoms. The van der Waals surface area contributed by atoms with E-state index in [1.165, 1.54) is 0 Å². The molecule has 5 heteroatoms. The number of nitrogens with one attached hydrogen (secondary N) is 1. The summed E-state index contributed by atoms with van der Waals surface area (Å²) in [7, 11) is 1.64. The topological polar surface area (TPSA) is 56.1 Å². The van der Waals surface area contributed by atoms with E-state index in [0.717, 1.165) is 17.1 Å². The Morgan fingerprint density at radius 3 is 2.38 bits per heavy atom. The van der Waals surface area contributed by atoms with Crippen molar-refractivity contribution < 1.29 is 9.53 Å². The number of amides is 1. The molecule has 1 aromatic carbocycles. The van der Waals surface area contributed by atoms with Crippen LogP contribution < -0.4 is 10.1 Å². The predicted molar refractivity (Wildman–Crippen MR) is 96.9 cm³/mol. The van der Waals surface area contributed by atoms with Gasteiger partial charge in [0.1, 0.15) is 11.6 Å². The van der Waals surface area contributed by atoms with Crippen LogP contribution in [0, 0.1) is 5.92 Å². The van der Waals surface area contributed by atoms with Crippen LogP contribution in [0.2, 0.25) is 0 Å². The van der Waals surface area contributed by atoms with Crippen LogP contribution in [0.5, 0.6) is 5.75 Å². The molecule has 0 aliphatic heterocycles. The summed E-state index contributed by atoms with van der Waals surface area (Å²) in [6, 6.07) is 9.57. The van der Waals surface area contributed by atoms with E-state index >= 15 is 0 Å². The van der Waals surface area contributed by atoms with Gasteiger partial charge in [0, 0.05) is 17.9 Å². The van der Waals surface area contributed by atoms with Gasteiger partial charge in [-0.05, 0) is 30.2 Å². The zero-order valence-electron chi connectivity index (χ0n) is 15.4. The maximum absolute atomic E-state index is 12.2. The van der Waals surface area contributed by atoms with Crippen molar-refractivity contribution in [3.8, 4) is 11.4 Å². The number of hydrogen-bond acceptors (Lipinski definition) is 3. The number of anilines is 1. The minimum atomic E-state index is -0.102. The molecule has 0 saturated carbocycles. The fraction of sp³-hybridized carbons (Fsp3) is 0.474. The molecule has 0 aliphatic carbocycles. The summed E-state index contributed by atoms with van der Waals surface area (Å²) in [6.07, 6.45) is 0.485. The van der Waals surface area contributed by atoms with Crippen molar-refractivity contribution in [3.05, 3.63) is 36.0 Å². The molecule has 2 aromatic rings. The number of rotatable bonds is 5. The van der Waals surface area contributed by atoms with Gasteiger partial charge in [-0.1, -0.05) is 34.6 Å². The lowest BCUT2D eigenvalue weighted by Crippen LogP contribution is -2.16. The zero-order chi connectivity index (χ0) is 17.9. The van der Waals surface area contributed by atoms with Crippen LogP contribution in [0.3, 0.4) is 0 Å². The molecule has 0 unspecified atom stereocenters. The monoisotopic (exact) mass is 329 g/mol. The smallest absolute Gasteiger partial charge is 0.225 e. The van der Waals surface area contributed by atoms with Crippen molar-refractivity contribution in [2.75, 3.05) is 12.4 Å². The lowest BCUT2D eigenvalue weighted by molar-refractivity contribution is -0.116. The number of carbonyl (C=O) groups excluding carboxylic acids is 1. The molecule has 1 N–H and O–H groups in total. The Labute approximate surface area is 144 Å². The first-order chi connectivity index (χ1) is 11.2. The van der Waals surface area contributed by atoms with Gasteiger partial charge in [0.25, 0.3) is 0 Å². The van der Waals surface area contributed by atoms with Gasteiger partial charge in [0.05, 0.1) is 18.5 Å². The summed E-state index contributed by atoms with van der Waals surface area (Å²) in [5.74, 6) is 1.78. The van der Waals surface area contributed by atoms with E-state index < -0.39 is 0 Å². The Balaban J connectivity index is 2.39. The van der Waals surface area contributed by atoms with Gasteiger partial charge in [-0.2, -0.15) is 5.10 Å². The van der Waals surface area contributed by atoms with Crippen molar-refractivity contribution in [1.29, 1.82) is 0 Å². The highest BCUT2D eigenvalue weighted by Gasteiger charge is 2.21. The number of aromatic nitrogens is 2. The van der Waals surface area contributed by atoms with E-state index in [1.807, 2.05) is 44.2 Å². The van der Waals surface area contributed by atoms with Crippen molar-refractivity contribution in [1.82, 2.24) is 9.78 Å². The standard InChI is InChI=1S/C19H27N3O2/c1-13(2)11-18(23)20-17-12-16(19(3,4)5)21-22(17)14-7-9-15(24-6)10-8-14/h7-10,12-13H,11H2,1-6H3,(H,20,23). The summed E-state index contributed by atoms with van der Waals surface area (Å²) >= 11 is 0. The highest BCUT2D eigenvalue weighted by atomic mass is 16.5. The number of ether oxygens (including phenoxy) is 1. The van der Waals surface area contributed by atoms with Gasteiger partial charge in [0.15, 0.2) is 0 Å². The van der Waals surface area contributed by atoms with Crippen LogP contribution in [-0.2, 0) is 10.2 Å². The normalized spacial score (nSPS) is 11.6. The zero-order valence-corrected chi connectivity index (χ0v) is 15.4. The van der Waals surface area contributed by atoms with Crippen LogP contribution in [0.1, 0.15) is 46.7 Å². The fourth-order valence-electron chi connectivity index (χ4n) is 2.32. The minimum Gasteiger partial charge on any atom is -0.497 e. The lowest BCUT2D eigenvalue weighted by Gasteiger charge is -2.14. The van der Waals surface area contributed by atoms with E-state index in [1.54, 1.807) is 11.8 Å². The first kappa shape index (κ1) is 18.0. The fourth-order valence-corrected chi connectivity index (χ4v) is 2.32. The highest BCUT2D eigenvalue weighted by Crippen LogP contribution is 2.27. The molecule has 0 fully saturated rings. The summed E-state index contributed by atoms with van der Waals surface area (Å²) in [4.78, 5) is 12.2. The average molecular weight is 329 g/mol. The highest BCUT2D eigenvalue weighted by molar-refractivity contribution is 5.90. The molecule has 0 atom stereocenters. The third-order valence-corrected chi connectivity index (χ3v) is 3.66. The van der Waals surface area contributed by atoms with E-state index in [9.17, 15) is 4.79 Å². The van der Waals surface area contributed by atoms with Gasteiger partial charge >= 0.3 is 0 Å². The van der Waals surface area contributed by atoms with Crippen LogP contribution in [0.25, 0.3) is 5.69 Å². The molecule has 0 bridgehead atoms. The molecule has 1 amide bonds. The average Bonchev–Trinajstić information content (AvgIpc) is 2.90. The first-order valence-corrected chi connectivity index (χ1v) is 8.25. The molecular formula is C19H27N3O2. The van der Waals surface area contributed by atoms with E-state index in [0.29, 0.717) is 18.2 Å². The first-order valence-electron chi connectivity index (χ1n) is 8.25. The molecule has 5 nitrogen and oxygen atoms in total. The predicted octanol–water partition coefficient (Wildman–Crippen LogP) is 4.16. The number of carbonyl (C=O) groups is 1. The summed E-state index contributed by atoms with van der Waals surface area (Å²) in [5, 5.41) is 7.69. The van der Waals surface area contributed by atoms with Gasteiger partial charge in [-0.3, -0.25) is 4.79 Å². The van der Waals surface area contributed by atoms with Crippen molar-refractivity contribution in [3.63, 3.8) is 0 Å². The van der Waals surface area contributed by atoms with E-state index in [4.69, 9.17) is 9.84 Å². The Morgan fingerprint density at radius 2 is 1.88 bits per heavy atom. The number of nitrogens with zero attached hydrogens (tertiary/aromatic N) is 2. The molecule has 0 radical (unpaired) electrons. The third-order valence-electron chi connectivity index (χ3n) is 3.66. The van der Waals surface area contributed by atoms with Gasteiger partial charge in [0.2, 0.25) is 5.91 Å². The lowest BCUT2D eigenvalue weighted by atomic mass is 9.92. The SMILES string of the molecule is COc1ccc(-n2nc(C(C)(C)C)cc2NC(=O)CC(C)C)cc1. The second-order valence-corrected chi connectivity index (χ2v) is 7.42. The molecule has 130 valence electrons. The van der Waals surface area contributed by atoms with Gasteiger partial charge in [-0.15, -0.1) is 0 Å². The van der Waals surface area contributed by atoms with Crippen molar-refractivity contribution in [2.45, 2.75) is 46.5 Å². The molecule has 1 heterocycles. The molecule has 0 aliphatic rings. The van der Waals surface area contributed by atoms with E-state index in [2.05, 4.69) is 26.1 Å². The Hall–Kier alpha value is -2.30. The number of methoxy groups -OCH3 is 1. The third kappa shape index (κ3) is 4.37.